The van der Waals surface area contributed by atoms with Gasteiger partial charge in [0.15, 0.2) is 12.1 Å². The van der Waals surface area contributed by atoms with Crippen molar-refractivity contribution in [3.63, 3.8) is 0 Å². The fourth-order valence-corrected chi connectivity index (χ4v) is 2.07. The molecule has 10 heteroatoms. The van der Waals surface area contributed by atoms with Crippen LogP contribution in [0, 0.1) is 5.95 Å². The topological polar surface area (TPSA) is 129 Å². The second-order valence-corrected chi connectivity index (χ2v) is 5.11. The lowest BCUT2D eigenvalue weighted by Gasteiger charge is -2.17. The summed E-state index contributed by atoms with van der Waals surface area (Å²) in [7, 11) is 0. The molecule has 24 heavy (non-hydrogen) atoms. The maximum Gasteiger partial charge on any atom is 0.253 e. The molecule has 0 aliphatic heterocycles. The summed E-state index contributed by atoms with van der Waals surface area (Å²) in [6.45, 7) is 0.399. The predicted octanol–water partition coefficient (Wildman–Crippen LogP) is -0.296. The van der Waals surface area contributed by atoms with Crippen LogP contribution < -0.4 is 11.1 Å². The maximum atomic E-state index is 12.8. The summed E-state index contributed by atoms with van der Waals surface area (Å²) >= 11 is 0. The van der Waals surface area contributed by atoms with E-state index in [0.717, 1.165) is 23.5 Å². The molecule has 1 unspecified atom stereocenters. The van der Waals surface area contributed by atoms with E-state index in [-0.39, 0.29) is 17.9 Å². The standard InChI is InChI=1S/C14H18FN7O2/c15-13-5-4-10(7-17-13)14(24)20-11(3-1-2-6-16)12(23)8-22-19-9-18-21-22/h4-5,7,9,11H,1-3,6,8,16H2,(H,20,24). The van der Waals surface area contributed by atoms with Crippen molar-refractivity contribution in [2.75, 3.05) is 6.54 Å². The molecule has 0 aliphatic rings. The first-order chi connectivity index (χ1) is 11.6. The monoisotopic (exact) mass is 335 g/mol. The van der Waals surface area contributed by atoms with Gasteiger partial charge in [-0.1, -0.05) is 0 Å². The first-order valence-electron chi connectivity index (χ1n) is 7.46. The molecule has 0 fully saturated rings. The SMILES string of the molecule is NCCCCC(NC(=O)c1ccc(F)nc1)C(=O)Cn1ncnn1. The number of nitrogens with zero attached hydrogens (tertiary/aromatic N) is 5. The Bertz CT molecular complexity index is 660. The van der Waals surface area contributed by atoms with Gasteiger partial charge in [-0.05, 0) is 43.2 Å². The third kappa shape index (κ3) is 5.16. The van der Waals surface area contributed by atoms with E-state index >= 15 is 0 Å². The minimum absolute atomic E-state index is 0.102. The molecule has 0 spiro atoms. The van der Waals surface area contributed by atoms with Crippen molar-refractivity contribution in [1.82, 2.24) is 30.5 Å². The van der Waals surface area contributed by atoms with Gasteiger partial charge < -0.3 is 11.1 Å². The van der Waals surface area contributed by atoms with Crippen molar-refractivity contribution in [2.24, 2.45) is 5.73 Å². The lowest BCUT2D eigenvalue weighted by Crippen LogP contribution is -2.42. The number of nitrogens with one attached hydrogen (secondary N) is 1. The molecule has 2 rings (SSSR count). The molecule has 1 amide bonds. The molecule has 128 valence electrons. The Morgan fingerprint density at radius 2 is 2.17 bits per heavy atom. The van der Waals surface area contributed by atoms with Crippen molar-refractivity contribution in [3.8, 4) is 0 Å². The smallest absolute Gasteiger partial charge is 0.253 e. The van der Waals surface area contributed by atoms with Crippen molar-refractivity contribution in [3.05, 3.63) is 36.2 Å². The fourth-order valence-electron chi connectivity index (χ4n) is 2.07. The highest BCUT2D eigenvalue weighted by Crippen LogP contribution is 2.06. The van der Waals surface area contributed by atoms with Gasteiger partial charge in [0.1, 0.15) is 6.54 Å². The highest BCUT2D eigenvalue weighted by atomic mass is 19.1. The number of nitrogens with two attached hydrogens (primary N) is 1. The van der Waals surface area contributed by atoms with Crippen LogP contribution in [0.3, 0.4) is 0 Å². The molecule has 0 saturated heterocycles. The van der Waals surface area contributed by atoms with Crippen molar-refractivity contribution in [1.29, 1.82) is 0 Å². The molecule has 0 saturated carbocycles. The molecule has 2 aromatic rings. The van der Waals surface area contributed by atoms with Gasteiger partial charge in [-0.3, -0.25) is 9.59 Å². The zero-order valence-corrected chi connectivity index (χ0v) is 12.9. The van der Waals surface area contributed by atoms with E-state index < -0.39 is 17.9 Å². The first-order valence-corrected chi connectivity index (χ1v) is 7.46. The van der Waals surface area contributed by atoms with Gasteiger partial charge in [-0.15, -0.1) is 10.2 Å². The Morgan fingerprint density at radius 3 is 2.79 bits per heavy atom. The van der Waals surface area contributed by atoms with Gasteiger partial charge >= 0.3 is 0 Å². The van der Waals surface area contributed by atoms with Crippen LogP contribution in [0.2, 0.25) is 0 Å². The fraction of sp³-hybridized carbons (Fsp3) is 0.429. The predicted molar refractivity (Wildman–Crippen MR) is 81.2 cm³/mol. The third-order valence-electron chi connectivity index (χ3n) is 3.32. The zero-order valence-electron chi connectivity index (χ0n) is 12.9. The van der Waals surface area contributed by atoms with E-state index in [1.54, 1.807) is 0 Å². The van der Waals surface area contributed by atoms with Crippen LogP contribution in [0.5, 0.6) is 0 Å². The second kappa shape index (κ2) is 8.77. The van der Waals surface area contributed by atoms with Crippen molar-refractivity contribution >= 4 is 11.7 Å². The number of tetrazole rings is 1. The zero-order chi connectivity index (χ0) is 17.4. The number of halogens is 1. The summed E-state index contributed by atoms with van der Waals surface area (Å²) < 4.78 is 12.8. The molecular weight excluding hydrogens is 317 g/mol. The average Bonchev–Trinajstić information content (AvgIpc) is 3.07. The van der Waals surface area contributed by atoms with E-state index in [1.807, 2.05) is 0 Å². The summed E-state index contributed by atoms with van der Waals surface area (Å²) in [6, 6.07) is 1.66. The number of unbranched alkanes of at least 4 members (excludes halogenated alkanes) is 1. The highest BCUT2D eigenvalue weighted by molar-refractivity contribution is 5.97. The van der Waals surface area contributed by atoms with Gasteiger partial charge in [0.2, 0.25) is 5.95 Å². The average molecular weight is 335 g/mol. The molecule has 2 heterocycles. The van der Waals surface area contributed by atoms with Crippen LogP contribution in [0.4, 0.5) is 4.39 Å². The van der Waals surface area contributed by atoms with Gasteiger partial charge in [0.25, 0.3) is 5.91 Å². The van der Waals surface area contributed by atoms with Crippen molar-refractivity contribution in [2.45, 2.75) is 31.8 Å². The molecule has 2 aromatic heterocycles. The Kier molecular flexibility index (Phi) is 6.43. The van der Waals surface area contributed by atoms with E-state index in [0.29, 0.717) is 19.4 Å². The summed E-state index contributed by atoms with van der Waals surface area (Å²) in [4.78, 5) is 29.2. The van der Waals surface area contributed by atoms with E-state index in [9.17, 15) is 14.0 Å². The molecule has 0 aromatic carbocycles. The van der Waals surface area contributed by atoms with Crippen LogP contribution >= 0.6 is 0 Å². The van der Waals surface area contributed by atoms with Gasteiger partial charge in [-0.2, -0.15) is 9.19 Å². The number of amides is 1. The number of carbonyl (C=O) groups is 2. The van der Waals surface area contributed by atoms with Crippen LogP contribution in [-0.4, -0.2) is 49.5 Å². The van der Waals surface area contributed by atoms with Gasteiger partial charge in [0, 0.05) is 6.20 Å². The lowest BCUT2D eigenvalue weighted by atomic mass is 10.0. The minimum atomic E-state index is -0.722. The Hall–Kier alpha value is -2.75. The largest absolute Gasteiger partial charge is 0.342 e. The summed E-state index contributed by atoms with van der Waals surface area (Å²) in [5.74, 6) is -1.44. The van der Waals surface area contributed by atoms with Crippen molar-refractivity contribution < 1.29 is 14.0 Å². The normalized spacial score (nSPS) is 11.9. The number of hydrogen-bond donors (Lipinski definition) is 2. The summed E-state index contributed by atoms with van der Waals surface area (Å²) in [5.41, 5.74) is 5.63. The van der Waals surface area contributed by atoms with Gasteiger partial charge in [0.05, 0.1) is 11.6 Å². The van der Waals surface area contributed by atoms with Crippen LogP contribution in [0.25, 0.3) is 0 Å². The summed E-state index contributed by atoms with van der Waals surface area (Å²) in [5, 5.41) is 13.6. The van der Waals surface area contributed by atoms with Gasteiger partial charge in [-0.25, -0.2) is 4.98 Å². The highest BCUT2D eigenvalue weighted by Gasteiger charge is 2.22. The van der Waals surface area contributed by atoms with Crippen LogP contribution in [0.1, 0.15) is 29.6 Å². The molecular formula is C14H18FN7O2. The number of hydrogen-bond acceptors (Lipinski definition) is 7. The van der Waals surface area contributed by atoms with Crippen LogP contribution in [0.15, 0.2) is 24.7 Å². The minimum Gasteiger partial charge on any atom is -0.342 e. The molecule has 0 bridgehead atoms. The van der Waals surface area contributed by atoms with Crippen LogP contribution in [-0.2, 0) is 11.3 Å². The Balaban J connectivity index is 2.02. The molecule has 3 N–H and O–H groups in total. The first kappa shape index (κ1) is 17.6. The molecule has 9 nitrogen and oxygen atoms in total. The number of Topliss-reactive ketones (excluding diaryl/α,β-unsaturated/α-hetero) is 1. The van der Waals surface area contributed by atoms with E-state index in [1.165, 1.54) is 12.4 Å². The molecule has 0 aliphatic carbocycles. The number of rotatable bonds is 9. The Labute approximate surface area is 137 Å². The summed E-state index contributed by atoms with van der Waals surface area (Å²) in [6.07, 6.45) is 4.19. The Morgan fingerprint density at radius 1 is 1.33 bits per heavy atom. The molecule has 0 radical (unpaired) electrons. The number of pyridine rings is 1. The number of ketones is 1. The maximum absolute atomic E-state index is 12.8. The third-order valence-corrected chi connectivity index (χ3v) is 3.32. The number of aromatic nitrogens is 5. The second-order valence-electron chi connectivity index (χ2n) is 5.11. The molecule has 1 atom stereocenters. The quantitative estimate of drug-likeness (QED) is 0.475. The lowest BCUT2D eigenvalue weighted by molar-refractivity contribution is -0.122. The van der Waals surface area contributed by atoms with E-state index in [2.05, 4.69) is 25.7 Å². The van der Waals surface area contributed by atoms with E-state index in [4.69, 9.17) is 5.73 Å². The number of carbonyl (C=O) groups excluding carboxylic acids is 2.